The van der Waals surface area contributed by atoms with Gasteiger partial charge >= 0.3 is 0 Å². The third-order valence-corrected chi connectivity index (χ3v) is 5.55. The van der Waals surface area contributed by atoms with Crippen LogP contribution in [0.3, 0.4) is 0 Å². The Kier molecular flexibility index (Phi) is 4.81. The first kappa shape index (κ1) is 15.9. The fourth-order valence-electron chi connectivity index (χ4n) is 2.79. The molecule has 0 aromatic heterocycles. The van der Waals surface area contributed by atoms with E-state index in [1.54, 1.807) is 4.31 Å². The van der Waals surface area contributed by atoms with E-state index < -0.39 is 15.7 Å². The number of rotatable bonds is 5. The Morgan fingerprint density at radius 1 is 1.28 bits per heavy atom. The summed E-state index contributed by atoms with van der Waals surface area (Å²) < 4.78 is 29.3. The summed E-state index contributed by atoms with van der Waals surface area (Å²) in [7, 11) is -3.48. The van der Waals surface area contributed by atoms with Crippen LogP contribution < -0.4 is 10.5 Å². The molecule has 1 rings (SSSR count). The van der Waals surface area contributed by atoms with E-state index in [2.05, 4.69) is 4.72 Å². The molecule has 0 unspecified atom stereocenters. The highest BCUT2D eigenvalue weighted by Crippen LogP contribution is 2.36. The van der Waals surface area contributed by atoms with Crippen LogP contribution in [0.2, 0.25) is 0 Å². The molecular formula is C12H27N3O2S. The van der Waals surface area contributed by atoms with Gasteiger partial charge < -0.3 is 5.73 Å². The molecule has 6 heteroatoms. The minimum Gasteiger partial charge on any atom is -0.329 e. The summed E-state index contributed by atoms with van der Waals surface area (Å²) in [4.78, 5) is 0. The third-order valence-electron chi connectivity index (χ3n) is 3.46. The number of hydrogen-bond acceptors (Lipinski definition) is 3. The first-order valence-corrected chi connectivity index (χ1v) is 8.13. The van der Waals surface area contributed by atoms with E-state index in [4.69, 9.17) is 5.73 Å². The number of likely N-dealkylation sites (N-methyl/N-ethyl adjacent to an activating group) is 1. The first-order valence-electron chi connectivity index (χ1n) is 6.69. The number of nitrogens with zero attached hydrogens (tertiary/aromatic N) is 1. The molecule has 1 aliphatic carbocycles. The Labute approximate surface area is 111 Å². The molecule has 108 valence electrons. The summed E-state index contributed by atoms with van der Waals surface area (Å²) >= 11 is 0. The maximum Gasteiger partial charge on any atom is 0.280 e. The predicted octanol–water partition coefficient (Wildman–Crippen LogP) is 1.21. The van der Waals surface area contributed by atoms with Crippen LogP contribution in [-0.2, 0) is 10.2 Å². The smallest absolute Gasteiger partial charge is 0.280 e. The molecule has 0 radical (unpaired) electrons. The van der Waals surface area contributed by atoms with Gasteiger partial charge in [-0.2, -0.15) is 17.4 Å². The van der Waals surface area contributed by atoms with Crippen molar-refractivity contribution in [2.45, 2.75) is 64.5 Å². The molecule has 0 aliphatic heterocycles. The van der Waals surface area contributed by atoms with Gasteiger partial charge in [-0.15, -0.1) is 0 Å². The molecule has 1 saturated carbocycles. The predicted molar refractivity (Wildman–Crippen MR) is 74.4 cm³/mol. The minimum absolute atomic E-state index is 0.383. The second kappa shape index (κ2) is 5.45. The molecule has 3 N–H and O–H groups in total. The van der Waals surface area contributed by atoms with E-state index in [9.17, 15) is 8.42 Å². The van der Waals surface area contributed by atoms with Crippen LogP contribution in [0.1, 0.15) is 53.4 Å². The van der Waals surface area contributed by atoms with E-state index in [-0.39, 0.29) is 5.54 Å². The quantitative estimate of drug-likeness (QED) is 0.793. The number of nitrogens with two attached hydrogens (primary N) is 1. The van der Waals surface area contributed by atoms with Crippen molar-refractivity contribution < 1.29 is 8.42 Å². The maximum absolute atomic E-state index is 12.5. The van der Waals surface area contributed by atoms with Gasteiger partial charge in [0.2, 0.25) is 0 Å². The van der Waals surface area contributed by atoms with Crippen LogP contribution in [0, 0.1) is 0 Å². The normalized spacial score (nSPS) is 20.6. The van der Waals surface area contributed by atoms with Crippen molar-refractivity contribution in [3.8, 4) is 0 Å². The van der Waals surface area contributed by atoms with Crippen LogP contribution in [0.15, 0.2) is 0 Å². The third kappa shape index (κ3) is 3.44. The molecule has 1 aliphatic rings. The Bertz CT molecular complexity index is 367. The highest BCUT2D eigenvalue weighted by atomic mass is 32.2. The lowest BCUT2D eigenvalue weighted by Crippen LogP contribution is -2.59. The van der Waals surface area contributed by atoms with E-state index in [0.29, 0.717) is 13.1 Å². The lowest BCUT2D eigenvalue weighted by molar-refractivity contribution is 0.200. The van der Waals surface area contributed by atoms with Crippen molar-refractivity contribution >= 4 is 10.2 Å². The Morgan fingerprint density at radius 3 is 2.11 bits per heavy atom. The topological polar surface area (TPSA) is 75.4 Å². The van der Waals surface area contributed by atoms with Crippen molar-refractivity contribution in [3.63, 3.8) is 0 Å². The van der Waals surface area contributed by atoms with Crippen LogP contribution >= 0.6 is 0 Å². The summed E-state index contributed by atoms with van der Waals surface area (Å²) in [6.45, 7) is 8.28. The van der Waals surface area contributed by atoms with Gasteiger partial charge in [0, 0.05) is 24.2 Å². The molecule has 0 saturated heterocycles. The average molecular weight is 277 g/mol. The minimum atomic E-state index is -3.48. The van der Waals surface area contributed by atoms with E-state index in [0.717, 1.165) is 25.7 Å². The maximum atomic E-state index is 12.5. The summed E-state index contributed by atoms with van der Waals surface area (Å²) in [5, 5.41) is 0. The van der Waals surface area contributed by atoms with Crippen LogP contribution in [0.5, 0.6) is 0 Å². The lowest BCUT2D eigenvalue weighted by atomic mass is 9.98. The molecule has 0 spiro atoms. The molecule has 0 bridgehead atoms. The monoisotopic (exact) mass is 277 g/mol. The van der Waals surface area contributed by atoms with E-state index in [1.165, 1.54) is 0 Å². The van der Waals surface area contributed by atoms with Crippen molar-refractivity contribution in [1.82, 2.24) is 9.03 Å². The molecule has 1 fully saturated rings. The highest BCUT2D eigenvalue weighted by Gasteiger charge is 2.44. The number of nitrogens with one attached hydrogen (secondary N) is 1. The molecule has 0 aromatic carbocycles. The fraction of sp³-hybridized carbons (Fsp3) is 1.00. The fourth-order valence-corrected chi connectivity index (χ4v) is 4.78. The van der Waals surface area contributed by atoms with Gasteiger partial charge in [0.15, 0.2) is 0 Å². The van der Waals surface area contributed by atoms with Gasteiger partial charge in [0.1, 0.15) is 0 Å². The molecule has 5 nitrogen and oxygen atoms in total. The first-order chi connectivity index (χ1) is 8.17. The van der Waals surface area contributed by atoms with Crippen molar-refractivity contribution in [2.75, 3.05) is 13.1 Å². The summed E-state index contributed by atoms with van der Waals surface area (Å²) in [5.74, 6) is 0. The summed E-state index contributed by atoms with van der Waals surface area (Å²) in [5.41, 5.74) is 5.02. The van der Waals surface area contributed by atoms with Crippen LogP contribution in [-0.4, -0.2) is 36.9 Å². The average Bonchev–Trinajstić information content (AvgIpc) is 2.64. The zero-order valence-electron chi connectivity index (χ0n) is 12.0. The number of hydrogen-bond donors (Lipinski definition) is 2. The highest BCUT2D eigenvalue weighted by molar-refractivity contribution is 7.87. The molecule has 0 atom stereocenters. The summed E-state index contributed by atoms with van der Waals surface area (Å²) in [6, 6.07) is 0. The largest absolute Gasteiger partial charge is 0.329 e. The molecule has 0 heterocycles. The van der Waals surface area contributed by atoms with Crippen molar-refractivity contribution in [1.29, 1.82) is 0 Å². The van der Waals surface area contributed by atoms with Crippen LogP contribution in [0.25, 0.3) is 0 Å². The Morgan fingerprint density at radius 2 is 1.78 bits per heavy atom. The van der Waals surface area contributed by atoms with Gasteiger partial charge in [-0.3, -0.25) is 0 Å². The molecule has 0 amide bonds. The zero-order chi connectivity index (χ0) is 14.0. The van der Waals surface area contributed by atoms with Gasteiger partial charge in [-0.25, -0.2) is 0 Å². The summed E-state index contributed by atoms with van der Waals surface area (Å²) in [6.07, 6.45) is 3.84. The SMILES string of the molecule is CCN(C1(CN)CCCC1)S(=O)(=O)NC(C)(C)C. The Hall–Kier alpha value is -0.170. The molecule has 18 heavy (non-hydrogen) atoms. The lowest BCUT2D eigenvalue weighted by Gasteiger charge is -2.40. The second-order valence-corrected chi connectivity index (χ2v) is 7.75. The van der Waals surface area contributed by atoms with E-state index >= 15 is 0 Å². The van der Waals surface area contributed by atoms with Crippen LogP contribution in [0.4, 0.5) is 0 Å². The molecular weight excluding hydrogens is 250 g/mol. The Balaban J connectivity index is 3.02. The van der Waals surface area contributed by atoms with Gasteiger partial charge in [0.25, 0.3) is 10.2 Å². The standard InChI is InChI=1S/C12H27N3O2S/c1-5-15(12(10-13)8-6-7-9-12)18(16,17)14-11(2,3)4/h14H,5-10,13H2,1-4H3. The van der Waals surface area contributed by atoms with Crippen molar-refractivity contribution in [2.24, 2.45) is 5.73 Å². The van der Waals surface area contributed by atoms with Crippen molar-refractivity contribution in [3.05, 3.63) is 0 Å². The molecule has 0 aromatic rings. The van der Waals surface area contributed by atoms with Gasteiger partial charge in [-0.1, -0.05) is 19.8 Å². The van der Waals surface area contributed by atoms with Gasteiger partial charge in [-0.05, 0) is 33.6 Å². The van der Waals surface area contributed by atoms with E-state index in [1.807, 2.05) is 27.7 Å². The zero-order valence-corrected chi connectivity index (χ0v) is 12.8. The second-order valence-electron chi connectivity index (χ2n) is 6.16. The van der Waals surface area contributed by atoms with Gasteiger partial charge in [0.05, 0.1) is 0 Å².